The Balaban J connectivity index is 2.28. The van der Waals surface area contributed by atoms with Gasteiger partial charge in [-0.15, -0.1) is 0 Å². The lowest BCUT2D eigenvalue weighted by molar-refractivity contribution is -0.132. The molecule has 2 rings (SSSR count). The monoisotopic (exact) mass is 296 g/mol. The van der Waals surface area contributed by atoms with E-state index in [-0.39, 0.29) is 11.9 Å². The van der Waals surface area contributed by atoms with Gasteiger partial charge in [0, 0.05) is 0 Å². The molecule has 116 valence electrons. The van der Waals surface area contributed by atoms with E-state index >= 15 is 0 Å². The van der Waals surface area contributed by atoms with E-state index < -0.39 is 19.1 Å². The van der Waals surface area contributed by atoms with Gasteiger partial charge >= 0.3 is 0 Å². The maximum Gasteiger partial charge on any atom is 0.255 e. The van der Waals surface area contributed by atoms with Gasteiger partial charge in [-0.2, -0.15) is 0 Å². The molecule has 21 heavy (non-hydrogen) atoms. The third-order valence-corrected chi connectivity index (χ3v) is 3.78. The molecule has 0 saturated carbocycles. The summed E-state index contributed by atoms with van der Waals surface area (Å²) in [6.07, 6.45) is -2.34. The lowest BCUT2D eigenvalue weighted by Gasteiger charge is -2.25. The van der Waals surface area contributed by atoms with Crippen molar-refractivity contribution >= 4 is 5.91 Å². The van der Waals surface area contributed by atoms with Crippen LogP contribution in [-0.4, -0.2) is 29.8 Å². The number of nitrogens with one attached hydrogen (secondary N) is 1. The number of hydrogen-bond donors (Lipinski definition) is 1. The molecule has 1 saturated heterocycles. The summed E-state index contributed by atoms with van der Waals surface area (Å²) in [5.41, 5.74) is 1.88. The summed E-state index contributed by atoms with van der Waals surface area (Å²) in [6.45, 7) is 5.44. The van der Waals surface area contributed by atoms with Gasteiger partial charge in [-0.1, -0.05) is 38.1 Å². The zero-order valence-corrected chi connectivity index (χ0v) is 12.6. The van der Waals surface area contributed by atoms with E-state index in [2.05, 4.69) is 5.32 Å². The molecule has 3 nitrogen and oxygen atoms in total. The molecule has 5 heteroatoms. The van der Waals surface area contributed by atoms with Crippen LogP contribution in [0.4, 0.5) is 8.78 Å². The number of rotatable bonds is 5. The second-order valence-corrected chi connectivity index (χ2v) is 5.99. The molecule has 0 aromatic heterocycles. The minimum atomic E-state index is -2.53. The second-order valence-electron chi connectivity index (χ2n) is 5.99. The Bertz CT molecular complexity index is 505. The highest BCUT2D eigenvalue weighted by atomic mass is 19.3. The summed E-state index contributed by atoms with van der Waals surface area (Å²) in [5.74, 6) is 0.104. The van der Waals surface area contributed by atoms with Crippen LogP contribution >= 0.6 is 0 Å². The fourth-order valence-corrected chi connectivity index (χ4v) is 2.81. The first-order valence-corrected chi connectivity index (χ1v) is 7.30. The van der Waals surface area contributed by atoms with Gasteiger partial charge in [-0.05, 0) is 30.4 Å². The van der Waals surface area contributed by atoms with Crippen LogP contribution in [0, 0.1) is 12.8 Å². The molecule has 1 amide bonds. The lowest BCUT2D eigenvalue weighted by Crippen LogP contribution is -2.35. The summed E-state index contributed by atoms with van der Waals surface area (Å²) in [4.78, 5) is 13.7. The predicted molar refractivity (Wildman–Crippen MR) is 78.0 cm³/mol. The largest absolute Gasteiger partial charge is 0.316 e. The Morgan fingerprint density at radius 3 is 2.52 bits per heavy atom. The molecule has 1 aromatic rings. The third kappa shape index (κ3) is 3.59. The molecule has 1 heterocycles. The molecule has 1 N–H and O–H groups in total. The molecule has 0 bridgehead atoms. The molecule has 0 spiro atoms. The number of hydrogen-bond acceptors (Lipinski definition) is 2. The Morgan fingerprint density at radius 1 is 1.29 bits per heavy atom. The average molecular weight is 296 g/mol. The Labute approximate surface area is 124 Å². The van der Waals surface area contributed by atoms with Crippen LogP contribution in [-0.2, 0) is 4.79 Å². The van der Waals surface area contributed by atoms with Crippen molar-refractivity contribution in [2.75, 3.05) is 6.54 Å². The van der Waals surface area contributed by atoms with Gasteiger partial charge in [-0.3, -0.25) is 10.1 Å². The molecular formula is C16H22F2N2O. The van der Waals surface area contributed by atoms with Crippen molar-refractivity contribution in [2.45, 2.75) is 45.8 Å². The molecule has 1 aliphatic heterocycles. The van der Waals surface area contributed by atoms with Crippen LogP contribution in [0.15, 0.2) is 24.3 Å². The minimum Gasteiger partial charge on any atom is -0.316 e. The fourth-order valence-electron chi connectivity index (χ4n) is 2.81. The van der Waals surface area contributed by atoms with E-state index in [1.54, 1.807) is 0 Å². The van der Waals surface area contributed by atoms with Crippen molar-refractivity contribution in [3.05, 3.63) is 35.4 Å². The molecule has 1 aliphatic rings. The van der Waals surface area contributed by atoms with Crippen LogP contribution in [0.1, 0.15) is 37.6 Å². The van der Waals surface area contributed by atoms with Crippen molar-refractivity contribution in [3.8, 4) is 0 Å². The SMILES string of the molecule is Cc1ccccc1C1NC(CC(C)C)C(=O)N1CC(F)F. The van der Waals surface area contributed by atoms with Crippen molar-refractivity contribution in [2.24, 2.45) is 5.92 Å². The standard InChI is InChI=1S/C16H22F2N2O/c1-10(2)8-13-16(21)20(9-14(17)18)15(19-13)12-7-5-4-6-11(12)3/h4-7,10,13-15,19H,8-9H2,1-3H3. The highest BCUT2D eigenvalue weighted by molar-refractivity contribution is 5.84. The number of aryl methyl sites for hydroxylation is 1. The van der Waals surface area contributed by atoms with Crippen LogP contribution in [0.5, 0.6) is 0 Å². The topological polar surface area (TPSA) is 32.3 Å². The van der Waals surface area contributed by atoms with Gasteiger partial charge in [-0.25, -0.2) is 8.78 Å². The van der Waals surface area contributed by atoms with Crippen molar-refractivity contribution < 1.29 is 13.6 Å². The van der Waals surface area contributed by atoms with E-state index in [0.717, 1.165) is 11.1 Å². The predicted octanol–water partition coefficient (Wildman–Crippen LogP) is 3.11. The van der Waals surface area contributed by atoms with E-state index in [4.69, 9.17) is 0 Å². The summed E-state index contributed by atoms with van der Waals surface area (Å²) >= 11 is 0. The van der Waals surface area contributed by atoms with E-state index in [0.29, 0.717) is 12.3 Å². The number of amides is 1. The second kappa shape index (κ2) is 6.52. The van der Waals surface area contributed by atoms with Crippen LogP contribution in [0.2, 0.25) is 0 Å². The molecular weight excluding hydrogens is 274 g/mol. The first kappa shape index (κ1) is 15.9. The maximum atomic E-state index is 12.8. The normalized spacial score (nSPS) is 22.6. The minimum absolute atomic E-state index is 0.225. The quantitative estimate of drug-likeness (QED) is 0.905. The molecule has 0 radical (unpaired) electrons. The van der Waals surface area contributed by atoms with E-state index in [1.165, 1.54) is 4.90 Å². The van der Waals surface area contributed by atoms with Gasteiger partial charge in [0.15, 0.2) is 0 Å². The Morgan fingerprint density at radius 2 is 1.95 bits per heavy atom. The summed E-state index contributed by atoms with van der Waals surface area (Å²) < 4.78 is 25.6. The van der Waals surface area contributed by atoms with Gasteiger partial charge < -0.3 is 4.90 Å². The van der Waals surface area contributed by atoms with Crippen LogP contribution in [0.3, 0.4) is 0 Å². The number of carbonyl (C=O) groups excluding carboxylic acids is 1. The maximum absolute atomic E-state index is 12.8. The summed E-state index contributed by atoms with van der Waals surface area (Å²) in [7, 11) is 0. The average Bonchev–Trinajstić information content (AvgIpc) is 2.67. The fraction of sp³-hybridized carbons (Fsp3) is 0.562. The van der Waals surface area contributed by atoms with Crippen molar-refractivity contribution in [1.29, 1.82) is 0 Å². The summed E-state index contributed by atoms with van der Waals surface area (Å²) in [6, 6.07) is 7.20. The zero-order valence-electron chi connectivity index (χ0n) is 12.6. The van der Waals surface area contributed by atoms with Gasteiger partial charge in [0.2, 0.25) is 5.91 Å². The van der Waals surface area contributed by atoms with Gasteiger partial charge in [0.1, 0.15) is 6.17 Å². The Hall–Kier alpha value is -1.49. The smallest absolute Gasteiger partial charge is 0.255 e. The highest BCUT2D eigenvalue weighted by Gasteiger charge is 2.41. The van der Waals surface area contributed by atoms with Crippen LogP contribution in [0.25, 0.3) is 0 Å². The lowest BCUT2D eigenvalue weighted by atomic mass is 10.0. The van der Waals surface area contributed by atoms with Crippen molar-refractivity contribution in [3.63, 3.8) is 0 Å². The number of benzene rings is 1. The first-order chi connectivity index (χ1) is 9.90. The van der Waals surface area contributed by atoms with Gasteiger partial charge in [0.05, 0.1) is 12.6 Å². The summed E-state index contributed by atoms with van der Waals surface area (Å²) in [5, 5.41) is 3.23. The zero-order chi connectivity index (χ0) is 15.6. The van der Waals surface area contributed by atoms with Gasteiger partial charge in [0.25, 0.3) is 6.43 Å². The number of halogens is 2. The Kier molecular flexibility index (Phi) is 4.93. The third-order valence-electron chi connectivity index (χ3n) is 3.78. The highest BCUT2D eigenvalue weighted by Crippen LogP contribution is 2.30. The molecule has 0 aliphatic carbocycles. The van der Waals surface area contributed by atoms with Crippen LogP contribution < -0.4 is 5.32 Å². The molecule has 2 atom stereocenters. The molecule has 2 unspecified atom stereocenters. The molecule has 1 aromatic carbocycles. The number of carbonyl (C=O) groups is 1. The van der Waals surface area contributed by atoms with E-state index in [1.807, 2.05) is 45.0 Å². The number of nitrogens with zero attached hydrogens (tertiary/aromatic N) is 1. The number of alkyl halides is 2. The first-order valence-electron chi connectivity index (χ1n) is 7.30. The molecule has 1 fully saturated rings. The van der Waals surface area contributed by atoms with E-state index in [9.17, 15) is 13.6 Å². The van der Waals surface area contributed by atoms with Crippen molar-refractivity contribution in [1.82, 2.24) is 10.2 Å².